The van der Waals surface area contributed by atoms with Crippen molar-refractivity contribution in [1.82, 2.24) is 0 Å². The maximum absolute atomic E-state index is 6.70. The maximum atomic E-state index is 6.70. The summed E-state index contributed by atoms with van der Waals surface area (Å²) in [6.45, 7) is 0. The summed E-state index contributed by atoms with van der Waals surface area (Å²) in [5.74, 6) is 2.17. The Labute approximate surface area is 128 Å². The largest absolute Gasteiger partial charge is 0.496 e. The van der Waals surface area contributed by atoms with Crippen molar-refractivity contribution in [3.8, 4) is 11.5 Å². The number of methoxy groups -OCH3 is 2. The summed E-state index contributed by atoms with van der Waals surface area (Å²) in [6.07, 6.45) is 6.31. The van der Waals surface area contributed by atoms with E-state index >= 15 is 0 Å². The average molecular weight is 348 g/mol. The summed E-state index contributed by atoms with van der Waals surface area (Å²) < 4.78 is 11.7. The first-order valence-electron chi connectivity index (χ1n) is 6.73. The van der Waals surface area contributed by atoms with Crippen LogP contribution in [-0.4, -0.2) is 14.2 Å². The van der Waals surface area contributed by atoms with Gasteiger partial charge in [0.15, 0.2) is 0 Å². The maximum Gasteiger partial charge on any atom is 0.133 e. The molecule has 1 atom stereocenters. The van der Waals surface area contributed by atoms with E-state index in [2.05, 4.69) is 15.9 Å². The molecular formula is C15H20BrClO2. The molecule has 1 unspecified atom stereocenters. The third kappa shape index (κ3) is 3.38. The molecule has 0 bridgehead atoms. The Hall–Kier alpha value is -0.410. The summed E-state index contributed by atoms with van der Waals surface area (Å²) in [6, 6.07) is 3.93. The minimum absolute atomic E-state index is 0.00255. The molecule has 19 heavy (non-hydrogen) atoms. The van der Waals surface area contributed by atoms with Crippen molar-refractivity contribution < 1.29 is 9.47 Å². The third-order valence-electron chi connectivity index (χ3n) is 3.86. The van der Waals surface area contributed by atoms with Crippen molar-refractivity contribution in [3.05, 3.63) is 22.2 Å². The molecule has 0 heterocycles. The minimum Gasteiger partial charge on any atom is -0.496 e. The van der Waals surface area contributed by atoms with Gasteiger partial charge in [-0.05, 0) is 46.8 Å². The van der Waals surface area contributed by atoms with Gasteiger partial charge in [-0.3, -0.25) is 0 Å². The minimum atomic E-state index is -0.00255. The lowest BCUT2D eigenvalue weighted by Gasteiger charge is -2.27. The average Bonchev–Trinajstić information content (AvgIpc) is 2.47. The van der Waals surface area contributed by atoms with E-state index in [0.717, 1.165) is 21.5 Å². The molecule has 1 aromatic carbocycles. The Bertz CT molecular complexity index is 430. The molecule has 106 valence electrons. The van der Waals surface area contributed by atoms with Gasteiger partial charge in [0.2, 0.25) is 0 Å². The number of rotatable bonds is 4. The molecule has 0 spiro atoms. The molecule has 1 aliphatic rings. The summed E-state index contributed by atoms with van der Waals surface area (Å²) in [5.41, 5.74) is 1.04. The zero-order chi connectivity index (χ0) is 13.8. The van der Waals surface area contributed by atoms with Crippen molar-refractivity contribution in [1.29, 1.82) is 0 Å². The number of hydrogen-bond donors (Lipinski definition) is 0. The van der Waals surface area contributed by atoms with Crippen molar-refractivity contribution >= 4 is 27.5 Å². The van der Waals surface area contributed by atoms with E-state index in [9.17, 15) is 0 Å². The van der Waals surface area contributed by atoms with Gasteiger partial charge in [-0.1, -0.05) is 19.3 Å². The van der Waals surface area contributed by atoms with Crippen LogP contribution in [0.4, 0.5) is 0 Å². The number of alkyl halides is 1. The van der Waals surface area contributed by atoms with Crippen LogP contribution in [0.25, 0.3) is 0 Å². The monoisotopic (exact) mass is 346 g/mol. The van der Waals surface area contributed by atoms with Gasteiger partial charge in [0.25, 0.3) is 0 Å². The molecule has 1 saturated carbocycles. The van der Waals surface area contributed by atoms with Crippen LogP contribution >= 0.6 is 27.5 Å². The lowest BCUT2D eigenvalue weighted by atomic mass is 9.84. The Morgan fingerprint density at radius 1 is 1.11 bits per heavy atom. The first kappa shape index (κ1) is 15.0. The third-order valence-corrected chi connectivity index (χ3v) is 5.08. The number of hydrogen-bond acceptors (Lipinski definition) is 2. The number of halogens is 2. The molecule has 0 N–H and O–H groups in total. The predicted molar refractivity (Wildman–Crippen MR) is 82.4 cm³/mol. The van der Waals surface area contributed by atoms with Crippen LogP contribution in [0.5, 0.6) is 11.5 Å². The molecule has 4 heteroatoms. The first-order valence-corrected chi connectivity index (χ1v) is 7.95. The lowest BCUT2D eigenvalue weighted by molar-refractivity contribution is 0.338. The smallest absolute Gasteiger partial charge is 0.133 e. The van der Waals surface area contributed by atoms with E-state index in [1.807, 2.05) is 12.1 Å². The van der Waals surface area contributed by atoms with Crippen molar-refractivity contribution in [2.75, 3.05) is 14.2 Å². The molecule has 1 aromatic rings. The van der Waals surface area contributed by atoms with E-state index in [1.54, 1.807) is 14.2 Å². The van der Waals surface area contributed by atoms with Crippen LogP contribution in [-0.2, 0) is 0 Å². The van der Waals surface area contributed by atoms with E-state index in [1.165, 1.54) is 32.1 Å². The van der Waals surface area contributed by atoms with Gasteiger partial charge >= 0.3 is 0 Å². The van der Waals surface area contributed by atoms with Crippen molar-refractivity contribution in [3.63, 3.8) is 0 Å². The van der Waals surface area contributed by atoms with E-state index in [4.69, 9.17) is 21.1 Å². The van der Waals surface area contributed by atoms with Crippen molar-refractivity contribution in [2.24, 2.45) is 5.92 Å². The number of benzene rings is 1. The zero-order valence-electron chi connectivity index (χ0n) is 11.4. The fraction of sp³-hybridized carbons (Fsp3) is 0.600. The topological polar surface area (TPSA) is 18.5 Å². The highest BCUT2D eigenvalue weighted by Gasteiger charge is 2.26. The Kier molecular flexibility index (Phi) is 5.40. The standard InChI is InChI=1S/C15H20BrClO2/c1-18-13-9-12(16)14(19-2)8-11(13)15(17)10-6-4-3-5-7-10/h8-10,15H,3-7H2,1-2H3. The second-order valence-corrected chi connectivity index (χ2v) is 6.35. The van der Waals surface area contributed by atoms with Gasteiger partial charge in [-0.15, -0.1) is 11.6 Å². The van der Waals surface area contributed by atoms with Gasteiger partial charge in [0, 0.05) is 5.56 Å². The van der Waals surface area contributed by atoms with Gasteiger partial charge in [-0.2, -0.15) is 0 Å². The fourth-order valence-corrected chi connectivity index (χ4v) is 3.69. The Morgan fingerprint density at radius 2 is 1.74 bits per heavy atom. The van der Waals surface area contributed by atoms with Crippen LogP contribution in [0.1, 0.15) is 43.0 Å². The lowest BCUT2D eigenvalue weighted by Crippen LogP contribution is -2.13. The highest BCUT2D eigenvalue weighted by atomic mass is 79.9. The molecule has 0 aliphatic heterocycles. The van der Waals surface area contributed by atoms with Crippen LogP contribution in [0.3, 0.4) is 0 Å². The van der Waals surface area contributed by atoms with E-state index < -0.39 is 0 Å². The van der Waals surface area contributed by atoms with Crippen LogP contribution in [0, 0.1) is 5.92 Å². The Balaban J connectivity index is 2.30. The van der Waals surface area contributed by atoms with Crippen molar-refractivity contribution in [2.45, 2.75) is 37.5 Å². The van der Waals surface area contributed by atoms with Crippen LogP contribution in [0.2, 0.25) is 0 Å². The summed E-state index contributed by atoms with van der Waals surface area (Å²) in [4.78, 5) is 0. The summed E-state index contributed by atoms with van der Waals surface area (Å²) in [5, 5.41) is -0.00255. The molecular weight excluding hydrogens is 328 g/mol. The second kappa shape index (κ2) is 6.85. The Morgan fingerprint density at radius 3 is 2.32 bits per heavy atom. The van der Waals surface area contributed by atoms with Gasteiger partial charge in [0.05, 0.1) is 24.1 Å². The molecule has 1 fully saturated rings. The molecule has 0 saturated heterocycles. The zero-order valence-corrected chi connectivity index (χ0v) is 13.8. The molecule has 2 rings (SSSR count). The van der Waals surface area contributed by atoms with E-state index in [-0.39, 0.29) is 5.38 Å². The quantitative estimate of drug-likeness (QED) is 0.686. The van der Waals surface area contributed by atoms with Gasteiger partial charge in [-0.25, -0.2) is 0 Å². The molecule has 0 radical (unpaired) electrons. The predicted octanol–water partition coefficient (Wildman–Crippen LogP) is 5.33. The van der Waals surface area contributed by atoms with Gasteiger partial charge < -0.3 is 9.47 Å². The summed E-state index contributed by atoms with van der Waals surface area (Å²) in [7, 11) is 3.35. The van der Waals surface area contributed by atoms with E-state index in [0.29, 0.717) is 5.92 Å². The molecule has 2 nitrogen and oxygen atoms in total. The highest BCUT2D eigenvalue weighted by molar-refractivity contribution is 9.10. The first-order chi connectivity index (χ1) is 9.17. The molecule has 0 aromatic heterocycles. The number of ether oxygens (including phenoxy) is 2. The van der Waals surface area contributed by atoms with Gasteiger partial charge in [0.1, 0.15) is 11.5 Å². The van der Waals surface area contributed by atoms with Crippen LogP contribution < -0.4 is 9.47 Å². The second-order valence-electron chi connectivity index (χ2n) is 5.03. The normalized spacial score (nSPS) is 18.1. The fourth-order valence-electron chi connectivity index (χ4n) is 2.78. The van der Waals surface area contributed by atoms with Crippen LogP contribution in [0.15, 0.2) is 16.6 Å². The summed E-state index contributed by atoms with van der Waals surface area (Å²) >= 11 is 10.2. The highest BCUT2D eigenvalue weighted by Crippen LogP contribution is 2.44. The SMILES string of the molecule is COc1cc(C(Cl)C2CCCCC2)c(OC)cc1Br. The molecule has 0 amide bonds. The molecule has 1 aliphatic carbocycles.